The van der Waals surface area contributed by atoms with Crippen LogP contribution < -0.4 is 0 Å². The average Bonchev–Trinajstić information content (AvgIpc) is 2.09. The van der Waals surface area contributed by atoms with Gasteiger partial charge in [0.25, 0.3) is 6.43 Å². The molecule has 1 aromatic rings. The molecule has 0 unspecified atom stereocenters. The van der Waals surface area contributed by atoms with Gasteiger partial charge in [-0.2, -0.15) is 0 Å². The van der Waals surface area contributed by atoms with Crippen LogP contribution >= 0.6 is 11.6 Å². The van der Waals surface area contributed by atoms with Crippen molar-refractivity contribution in [3.63, 3.8) is 0 Å². The Labute approximate surface area is 78.4 Å². The third-order valence-electron chi connectivity index (χ3n) is 1.45. The molecule has 0 fully saturated rings. The van der Waals surface area contributed by atoms with Crippen LogP contribution in [0.25, 0.3) is 0 Å². The van der Waals surface area contributed by atoms with Crippen molar-refractivity contribution in [3.05, 3.63) is 34.9 Å². The molecule has 1 rings (SSSR count). The zero-order chi connectivity index (χ0) is 9.84. The highest BCUT2D eigenvalue weighted by Gasteiger charge is 2.15. The fourth-order valence-electron chi connectivity index (χ4n) is 0.848. The molecule has 2 nitrogen and oxygen atoms in total. The lowest BCUT2D eigenvalue weighted by Crippen LogP contribution is -2.11. The molecule has 0 bridgehead atoms. The second kappa shape index (κ2) is 4.18. The number of halogens is 3. The predicted molar refractivity (Wildman–Crippen MR) is 45.8 cm³/mol. The van der Waals surface area contributed by atoms with E-state index in [4.69, 9.17) is 16.8 Å². The van der Waals surface area contributed by atoms with Gasteiger partial charge in [0.15, 0.2) is 5.71 Å². The van der Waals surface area contributed by atoms with Crippen LogP contribution in [0.3, 0.4) is 0 Å². The van der Waals surface area contributed by atoms with Crippen LogP contribution in [0, 0.1) is 0 Å². The lowest BCUT2D eigenvalue weighted by molar-refractivity contribution is 0.215. The fraction of sp³-hybridized carbons (Fsp3) is 0.125. The Kier molecular flexibility index (Phi) is 3.19. The number of benzene rings is 1. The number of alkyl halides is 2. The number of nitrogens with zero attached hydrogens (tertiary/aromatic N) is 1. The molecule has 0 aliphatic rings. The van der Waals surface area contributed by atoms with Crippen molar-refractivity contribution in [1.82, 2.24) is 0 Å². The molecule has 0 spiro atoms. The van der Waals surface area contributed by atoms with E-state index < -0.39 is 12.1 Å². The summed E-state index contributed by atoms with van der Waals surface area (Å²) in [4.78, 5) is 0. The first-order chi connectivity index (χ1) is 6.15. The van der Waals surface area contributed by atoms with Gasteiger partial charge < -0.3 is 5.21 Å². The van der Waals surface area contributed by atoms with Crippen LogP contribution in [0.4, 0.5) is 8.78 Å². The molecule has 13 heavy (non-hydrogen) atoms. The van der Waals surface area contributed by atoms with Gasteiger partial charge >= 0.3 is 0 Å². The van der Waals surface area contributed by atoms with E-state index in [2.05, 4.69) is 5.16 Å². The Morgan fingerprint density at radius 2 is 1.85 bits per heavy atom. The minimum Gasteiger partial charge on any atom is -0.410 e. The first-order valence-electron chi connectivity index (χ1n) is 3.41. The summed E-state index contributed by atoms with van der Waals surface area (Å²) in [6, 6.07) is 5.63. The summed E-state index contributed by atoms with van der Waals surface area (Å²) >= 11 is 5.55. The molecule has 0 aromatic heterocycles. The maximum absolute atomic E-state index is 12.2. The van der Waals surface area contributed by atoms with E-state index in [-0.39, 0.29) is 5.56 Å². The Balaban J connectivity index is 3.00. The summed E-state index contributed by atoms with van der Waals surface area (Å²) in [6.45, 7) is 0. The standard InChI is InChI=1S/C8H6ClF2NO/c9-6-3-1-5(2-4-6)7(12-13)8(10)11/h1-4,8,13H/b12-7-. The van der Waals surface area contributed by atoms with Crippen molar-refractivity contribution >= 4 is 17.3 Å². The van der Waals surface area contributed by atoms with Crippen LogP contribution in [-0.2, 0) is 0 Å². The van der Waals surface area contributed by atoms with Gasteiger partial charge in [0.05, 0.1) is 0 Å². The summed E-state index contributed by atoms with van der Waals surface area (Å²) in [5, 5.41) is 11.2. The van der Waals surface area contributed by atoms with Crippen LogP contribution in [-0.4, -0.2) is 17.3 Å². The molecule has 0 saturated carbocycles. The number of rotatable bonds is 2. The van der Waals surface area contributed by atoms with Gasteiger partial charge in [-0.1, -0.05) is 28.9 Å². The van der Waals surface area contributed by atoms with Crippen molar-refractivity contribution < 1.29 is 14.0 Å². The van der Waals surface area contributed by atoms with Gasteiger partial charge in [-0.3, -0.25) is 0 Å². The Hall–Kier alpha value is -1.16. The Morgan fingerprint density at radius 1 is 1.31 bits per heavy atom. The van der Waals surface area contributed by atoms with E-state index in [9.17, 15) is 8.78 Å². The summed E-state index contributed by atoms with van der Waals surface area (Å²) < 4.78 is 24.3. The molecule has 70 valence electrons. The zero-order valence-corrected chi connectivity index (χ0v) is 7.17. The Morgan fingerprint density at radius 3 is 2.23 bits per heavy atom. The van der Waals surface area contributed by atoms with E-state index >= 15 is 0 Å². The largest absolute Gasteiger partial charge is 0.410 e. The molecule has 1 aromatic carbocycles. The minimum atomic E-state index is -2.80. The normalized spacial score (nSPS) is 12.2. The van der Waals surface area contributed by atoms with Gasteiger partial charge in [0, 0.05) is 10.6 Å². The lowest BCUT2D eigenvalue weighted by Gasteiger charge is -2.02. The highest BCUT2D eigenvalue weighted by Crippen LogP contribution is 2.13. The van der Waals surface area contributed by atoms with E-state index in [1.54, 1.807) is 0 Å². The first-order valence-corrected chi connectivity index (χ1v) is 3.79. The van der Waals surface area contributed by atoms with Crippen molar-refractivity contribution in [2.45, 2.75) is 6.43 Å². The zero-order valence-electron chi connectivity index (χ0n) is 6.42. The van der Waals surface area contributed by atoms with Crippen LogP contribution in [0.2, 0.25) is 5.02 Å². The van der Waals surface area contributed by atoms with Gasteiger partial charge in [-0.15, -0.1) is 0 Å². The number of hydrogen-bond donors (Lipinski definition) is 1. The van der Waals surface area contributed by atoms with Gasteiger partial charge in [-0.05, 0) is 12.1 Å². The van der Waals surface area contributed by atoms with Crippen LogP contribution in [0.5, 0.6) is 0 Å². The third kappa shape index (κ3) is 2.39. The molecular formula is C8H6ClF2NO. The van der Waals surface area contributed by atoms with Gasteiger partial charge in [-0.25, -0.2) is 8.78 Å². The smallest absolute Gasteiger partial charge is 0.284 e. The lowest BCUT2D eigenvalue weighted by atomic mass is 10.1. The molecule has 0 amide bonds. The van der Waals surface area contributed by atoms with Crippen LogP contribution in [0.1, 0.15) is 5.56 Å². The van der Waals surface area contributed by atoms with Gasteiger partial charge in [0.2, 0.25) is 0 Å². The molecule has 0 radical (unpaired) electrons. The number of hydrogen-bond acceptors (Lipinski definition) is 2. The first kappa shape index (κ1) is 9.92. The third-order valence-corrected chi connectivity index (χ3v) is 1.71. The van der Waals surface area contributed by atoms with Crippen molar-refractivity contribution in [2.75, 3.05) is 0 Å². The maximum Gasteiger partial charge on any atom is 0.284 e. The molecule has 1 N–H and O–H groups in total. The van der Waals surface area contributed by atoms with E-state index in [0.29, 0.717) is 5.02 Å². The van der Waals surface area contributed by atoms with E-state index in [1.165, 1.54) is 24.3 Å². The summed E-state index contributed by atoms with van der Waals surface area (Å²) in [5.41, 5.74) is -0.501. The van der Waals surface area contributed by atoms with Crippen molar-refractivity contribution in [1.29, 1.82) is 0 Å². The Bertz CT molecular complexity index is 310. The summed E-state index contributed by atoms with van der Waals surface area (Å²) in [6.07, 6.45) is -2.80. The van der Waals surface area contributed by atoms with Crippen molar-refractivity contribution in [3.8, 4) is 0 Å². The summed E-state index contributed by atoms with van der Waals surface area (Å²) in [7, 11) is 0. The van der Waals surface area contributed by atoms with Gasteiger partial charge in [0.1, 0.15) is 0 Å². The highest BCUT2D eigenvalue weighted by molar-refractivity contribution is 6.30. The predicted octanol–water partition coefficient (Wildman–Crippen LogP) is 2.78. The quantitative estimate of drug-likeness (QED) is 0.450. The average molecular weight is 206 g/mol. The molecule has 0 atom stereocenters. The number of oxime groups is 1. The second-order valence-electron chi connectivity index (χ2n) is 2.29. The maximum atomic E-state index is 12.2. The molecule has 0 aliphatic heterocycles. The fourth-order valence-corrected chi connectivity index (χ4v) is 0.974. The monoisotopic (exact) mass is 205 g/mol. The van der Waals surface area contributed by atoms with Crippen molar-refractivity contribution in [2.24, 2.45) is 5.16 Å². The van der Waals surface area contributed by atoms with E-state index in [1.807, 2.05) is 0 Å². The van der Waals surface area contributed by atoms with E-state index in [0.717, 1.165) is 0 Å². The SMILES string of the molecule is O/N=C(/c1ccc(Cl)cc1)C(F)F. The second-order valence-corrected chi connectivity index (χ2v) is 2.73. The molecule has 0 heterocycles. The molecule has 5 heteroatoms. The van der Waals surface area contributed by atoms with Crippen LogP contribution in [0.15, 0.2) is 29.4 Å². The summed E-state index contributed by atoms with van der Waals surface area (Å²) in [5.74, 6) is 0. The minimum absolute atomic E-state index is 0.155. The molecule has 0 saturated heterocycles. The highest BCUT2D eigenvalue weighted by atomic mass is 35.5. The topological polar surface area (TPSA) is 32.6 Å². The molecular weight excluding hydrogens is 200 g/mol. The molecule has 0 aliphatic carbocycles.